The summed E-state index contributed by atoms with van der Waals surface area (Å²) < 4.78 is 5.11. The quantitative estimate of drug-likeness (QED) is 0.852. The molecule has 0 radical (unpaired) electrons. The van der Waals surface area contributed by atoms with Gasteiger partial charge >= 0.3 is 0 Å². The van der Waals surface area contributed by atoms with E-state index in [0.29, 0.717) is 12.3 Å². The van der Waals surface area contributed by atoms with E-state index in [1.165, 1.54) is 5.56 Å². The molecule has 2 nitrogen and oxygen atoms in total. The third-order valence-electron chi connectivity index (χ3n) is 3.61. The fourth-order valence-electron chi connectivity index (χ4n) is 2.15. The maximum absolute atomic E-state index is 10.2. The smallest absolute Gasteiger partial charge is 0.118 e. The molecule has 0 heterocycles. The van der Waals surface area contributed by atoms with E-state index in [4.69, 9.17) is 4.74 Å². The Kier molecular flexibility index (Phi) is 5.63. The Labute approximate surface area is 132 Å². The number of hydrogen-bond donors (Lipinski definition) is 1. The fourth-order valence-corrected chi connectivity index (χ4v) is 2.15. The van der Waals surface area contributed by atoms with Gasteiger partial charge in [-0.05, 0) is 41.3 Å². The Morgan fingerprint density at radius 2 is 1.55 bits per heavy atom. The first-order valence-corrected chi connectivity index (χ1v) is 7.51. The zero-order chi connectivity index (χ0) is 15.9. The number of aliphatic hydroxyl groups is 1. The zero-order valence-corrected chi connectivity index (χ0v) is 13.3. The molecule has 114 valence electrons. The number of ether oxygens (including phenoxy) is 1. The number of hydrogen-bond acceptors (Lipinski definition) is 2. The molecule has 1 unspecified atom stereocenters. The van der Waals surface area contributed by atoms with Gasteiger partial charge < -0.3 is 9.84 Å². The lowest BCUT2D eigenvalue weighted by Crippen LogP contribution is -1.97. The van der Waals surface area contributed by atoms with Crippen LogP contribution in [0.5, 0.6) is 5.75 Å². The minimum absolute atomic E-state index is 0.424. The molecule has 0 saturated carbocycles. The first kappa shape index (κ1) is 16.1. The van der Waals surface area contributed by atoms with Crippen molar-refractivity contribution >= 4 is 0 Å². The molecule has 0 spiro atoms. The third-order valence-corrected chi connectivity index (χ3v) is 3.61. The molecule has 22 heavy (non-hydrogen) atoms. The average Bonchev–Trinajstić information content (AvgIpc) is 2.55. The molecule has 2 aromatic carbocycles. The normalized spacial score (nSPS) is 11.7. The van der Waals surface area contributed by atoms with E-state index < -0.39 is 6.10 Å². The maximum atomic E-state index is 10.2. The lowest BCUT2D eigenvalue weighted by Gasteiger charge is -2.10. The van der Waals surface area contributed by atoms with E-state index >= 15 is 0 Å². The van der Waals surface area contributed by atoms with Gasteiger partial charge in [0.15, 0.2) is 0 Å². The summed E-state index contributed by atoms with van der Waals surface area (Å²) in [6.07, 6.45) is -0.125. The maximum Gasteiger partial charge on any atom is 0.118 e. The minimum Gasteiger partial charge on any atom is -0.497 e. The van der Waals surface area contributed by atoms with Crippen molar-refractivity contribution in [2.45, 2.75) is 32.3 Å². The Hall–Kier alpha value is -2.24. The van der Waals surface area contributed by atoms with Crippen LogP contribution >= 0.6 is 0 Å². The van der Waals surface area contributed by atoms with Gasteiger partial charge in [-0.15, -0.1) is 0 Å². The number of aliphatic hydroxyl groups excluding tert-OH is 1. The second kappa shape index (κ2) is 7.68. The van der Waals surface area contributed by atoms with Crippen LogP contribution in [0.1, 0.15) is 49.0 Å². The summed E-state index contributed by atoms with van der Waals surface area (Å²) in [6.45, 7) is 4.32. The van der Waals surface area contributed by atoms with E-state index in [0.717, 1.165) is 16.9 Å². The predicted octanol–water partition coefficient (Wildman–Crippen LogP) is 4.29. The van der Waals surface area contributed by atoms with Crippen LogP contribution in [0.2, 0.25) is 0 Å². The second-order valence-electron chi connectivity index (χ2n) is 5.57. The molecule has 0 amide bonds. The van der Waals surface area contributed by atoms with Gasteiger partial charge in [-0.1, -0.05) is 50.0 Å². The monoisotopic (exact) mass is 294 g/mol. The van der Waals surface area contributed by atoms with Crippen LogP contribution < -0.4 is 4.74 Å². The van der Waals surface area contributed by atoms with Crippen molar-refractivity contribution in [3.8, 4) is 17.6 Å². The van der Waals surface area contributed by atoms with Crippen molar-refractivity contribution < 1.29 is 9.84 Å². The van der Waals surface area contributed by atoms with Gasteiger partial charge in [0, 0.05) is 12.0 Å². The topological polar surface area (TPSA) is 29.5 Å². The number of benzene rings is 2. The van der Waals surface area contributed by atoms with Crippen LogP contribution in [-0.2, 0) is 0 Å². The molecule has 2 rings (SSSR count). The summed E-state index contributed by atoms with van der Waals surface area (Å²) in [5.74, 6) is 7.41. The zero-order valence-electron chi connectivity index (χ0n) is 13.3. The van der Waals surface area contributed by atoms with E-state index in [1.54, 1.807) is 7.11 Å². The summed E-state index contributed by atoms with van der Waals surface area (Å²) in [6, 6.07) is 15.7. The lowest BCUT2D eigenvalue weighted by molar-refractivity contribution is 0.184. The molecule has 0 fully saturated rings. The predicted molar refractivity (Wildman–Crippen MR) is 90.0 cm³/mol. The fraction of sp³-hybridized carbons (Fsp3) is 0.300. The second-order valence-corrected chi connectivity index (χ2v) is 5.57. The molecule has 0 aromatic heterocycles. The average molecular weight is 294 g/mol. The van der Waals surface area contributed by atoms with Gasteiger partial charge in [-0.25, -0.2) is 0 Å². The van der Waals surface area contributed by atoms with Crippen LogP contribution in [0.4, 0.5) is 0 Å². The van der Waals surface area contributed by atoms with E-state index in [9.17, 15) is 5.11 Å². The molecule has 1 N–H and O–H groups in total. The van der Waals surface area contributed by atoms with Gasteiger partial charge in [0.2, 0.25) is 0 Å². The number of rotatable bonds is 4. The summed E-state index contributed by atoms with van der Waals surface area (Å²) in [5.41, 5.74) is 3.11. The van der Waals surface area contributed by atoms with Crippen molar-refractivity contribution in [1.82, 2.24) is 0 Å². The summed E-state index contributed by atoms with van der Waals surface area (Å²) in [5, 5.41) is 10.2. The highest BCUT2D eigenvalue weighted by molar-refractivity contribution is 5.38. The minimum atomic E-state index is -0.549. The summed E-state index contributed by atoms with van der Waals surface area (Å²) in [4.78, 5) is 0. The Morgan fingerprint density at radius 1 is 0.955 bits per heavy atom. The molecule has 2 aromatic rings. The largest absolute Gasteiger partial charge is 0.497 e. The lowest BCUT2D eigenvalue weighted by atomic mass is 9.99. The van der Waals surface area contributed by atoms with Crippen molar-refractivity contribution in [3.05, 3.63) is 65.2 Å². The van der Waals surface area contributed by atoms with Crippen molar-refractivity contribution in [3.63, 3.8) is 0 Å². The van der Waals surface area contributed by atoms with Gasteiger partial charge in [0.1, 0.15) is 5.75 Å². The van der Waals surface area contributed by atoms with Crippen molar-refractivity contribution in [2.75, 3.05) is 7.11 Å². The van der Waals surface area contributed by atoms with E-state index in [1.807, 2.05) is 36.4 Å². The van der Waals surface area contributed by atoms with Gasteiger partial charge in [-0.3, -0.25) is 0 Å². The van der Waals surface area contributed by atoms with Crippen LogP contribution in [0, 0.1) is 11.8 Å². The Morgan fingerprint density at radius 3 is 2.09 bits per heavy atom. The first-order valence-electron chi connectivity index (χ1n) is 7.51. The van der Waals surface area contributed by atoms with Crippen molar-refractivity contribution in [2.24, 2.45) is 0 Å². The summed E-state index contributed by atoms with van der Waals surface area (Å²) >= 11 is 0. The molecular weight excluding hydrogens is 272 g/mol. The standard InChI is InChI=1S/C20H22O2/c1-15(2)17-9-11-18(12-10-17)20(21)6-4-5-16-7-13-19(22-3)14-8-16/h7-15,20-21H,6H2,1-3H3. The number of methoxy groups -OCH3 is 1. The van der Waals surface area contributed by atoms with E-state index in [2.05, 4.69) is 37.8 Å². The SMILES string of the molecule is COc1ccc(C#CCC(O)c2ccc(C(C)C)cc2)cc1. The van der Waals surface area contributed by atoms with E-state index in [-0.39, 0.29) is 0 Å². The van der Waals surface area contributed by atoms with Crippen LogP contribution in [0.25, 0.3) is 0 Å². The molecule has 1 atom stereocenters. The molecule has 2 heteroatoms. The molecule has 0 aliphatic carbocycles. The highest BCUT2D eigenvalue weighted by Crippen LogP contribution is 2.20. The third kappa shape index (κ3) is 4.38. The molecule has 0 saturated heterocycles. The summed E-state index contributed by atoms with van der Waals surface area (Å²) in [7, 11) is 1.64. The molecular formula is C20H22O2. The Bertz CT molecular complexity index is 643. The van der Waals surface area contributed by atoms with Crippen LogP contribution in [-0.4, -0.2) is 12.2 Å². The van der Waals surface area contributed by atoms with Crippen molar-refractivity contribution in [1.29, 1.82) is 0 Å². The van der Waals surface area contributed by atoms with Crippen LogP contribution in [0.3, 0.4) is 0 Å². The first-order chi connectivity index (χ1) is 10.6. The highest BCUT2D eigenvalue weighted by Gasteiger charge is 2.06. The van der Waals surface area contributed by atoms with Gasteiger partial charge in [0.25, 0.3) is 0 Å². The Balaban J connectivity index is 1.97. The van der Waals surface area contributed by atoms with Gasteiger partial charge in [0.05, 0.1) is 13.2 Å². The van der Waals surface area contributed by atoms with Crippen LogP contribution in [0.15, 0.2) is 48.5 Å². The molecule has 0 bridgehead atoms. The highest BCUT2D eigenvalue weighted by atomic mass is 16.5. The molecule has 0 aliphatic rings. The van der Waals surface area contributed by atoms with Gasteiger partial charge in [-0.2, -0.15) is 0 Å². The molecule has 0 aliphatic heterocycles.